The smallest absolute Gasteiger partial charge is 0.0674 e. The second kappa shape index (κ2) is 9.76. The van der Waals surface area contributed by atoms with Crippen molar-refractivity contribution in [2.75, 3.05) is 0 Å². The molecule has 0 fully saturated rings. The third-order valence-electron chi connectivity index (χ3n) is 10.0. The molecule has 0 bridgehead atoms. The van der Waals surface area contributed by atoms with E-state index >= 15 is 0 Å². The van der Waals surface area contributed by atoms with Crippen LogP contribution in [0.3, 0.4) is 0 Å². The first kappa shape index (κ1) is 28.8. The van der Waals surface area contributed by atoms with E-state index in [0.29, 0.717) is 0 Å². The van der Waals surface area contributed by atoms with Gasteiger partial charge in [0.1, 0.15) is 0 Å². The molecule has 206 valence electrons. The van der Waals surface area contributed by atoms with Crippen molar-refractivity contribution in [3.8, 4) is 0 Å². The third kappa shape index (κ3) is 5.05. The molecule has 0 amide bonds. The molecule has 38 heavy (non-hydrogen) atoms. The summed E-state index contributed by atoms with van der Waals surface area (Å²) >= 11 is 0. The molecule has 2 aromatic carbocycles. The van der Waals surface area contributed by atoms with Crippen LogP contribution < -0.4 is 0 Å². The largest absolute Gasteiger partial charge is 0.155 e. The minimum absolute atomic E-state index is 0.186. The zero-order chi connectivity index (χ0) is 28.3. The van der Waals surface area contributed by atoms with E-state index in [9.17, 15) is 0 Å². The van der Waals surface area contributed by atoms with Crippen molar-refractivity contribution in [1.82, 2.24) is 0 Å². The SMILES string of the molecule is CCc1cc2c(cc1C(C)=NN=C(C)c1cc3c(cc1CC)C(C)(C)CCC3(C)C)C(C)(C)CCC2(C)C. The normalized spacial score (nSPS) is 21.6. The molecule has 0 aliphatic heterocycles. The Hall–Kier alpha value is -2.22. The number of rotatable bonds is 5. The van der Waals surface area contributed by atoms with Gasteiger partial charge in [0.15, 0.2) is 0 Å². The molecule has 0 heterocycles. The summed E-state index contributed by atoms with van der Waals surface area (Å²) in [7, 11) is 0. The minimum Gasteiger partial charge on any atom is -0.155 e. The summed E-state index contributed by atoms with van der Waals surface area (Å²) in [6.45, 7) is 28.0. The Balaban J connectivity index is 1.79. The number of hydrogen-bond donors (Lipinski definition) is 0. The Kier molecular flexibility index (Phi) is 7.39. The molecule has 0 aromatic heterocycles. The van der Waals surface area contributed by atoms with E-state index in [4.69, 9.17) is 10.2 Å². The fourth-order valence-electron chi connectivity index (χ4n) is 6.83. The highest BCUT2D eigenvalue weighted by atomic mass is 15.2. The summed E-state index contributed by atoms with van der Waals surface area (Å²) in [6, 6.07) is 9.84. The minimum atomic E-state index is 0.186. The maximum atomic E-state index is 4.87. The zero-order valence-electron chi connectivity index (χ0n) is 26.4. The van der Waals surface area contributed by atoms with Crippen LogP contribution in [0.2, 0.25) is 0 Å². The first-order chi connectivity index (χ1) is 17.5. The van der Waals surface area contributed by atoms with Gasteiger partial charge in [-0.25, -0.2) is 0 Å². The van der Waals surface area contributed by atoms with Gasteiger partial charge in [0.25, 0.3) is 0 Å². The van der Waals surface area contributed by atoms with Gasteiger partial charge < -0.3 is 0 Å². The lowest BCUT2D eigenvalue weighted by Crippen LogP contribution is -2.34. The van der Waals surface area contributed by atoms with Gasteiger partial charge in [-0.05, 0) is 120 Å². The highest BCUT2D eigenvalue weighted by molar-refractivity contribution is 6.03. The second-order valence-electron chi connectivity index (χ2n) is 14.7. The number of nitrogens with zero attached hydrogens (tertiary/aromatic N) is 2. The molecular formula is C36H52N2. The van der Waals surface area contributed by atoms with E-state index in [-0.39, 0.29) is 21.7 Å². The molecule has 2 nitrogen and oxygen atoms in total. The van der Waals surface area contributed by atoms with E-state index in [0.717, 1.165) is 24.3 Å². The second-order valence-corrected chi connectivity index (χ2v) is 14.7. The molecule has 0 saturated heterocycles. The highest BCUT2D eigenvalue weighted by Gasteiger charge is 2.39. The zero-order valence-corrected chi connectivity index (χ0v) is 26.4. The number of fused-ring (bicyclic) bond motifs is 2. The van der Waals surface area contributed by atoms with Crippen molar-refractivity contribution in [2.45, 2.75) is 143 Å². The molecule has 0 radical (unpaired) electrons. The molecule has 0 N–H and O–H groups in total. The van der Waals surface area contributed by atoms with Crippen molar-refractivity contribution in [1.29, 1.82) is 0 Å². The Labute approximate surface area is 233 Å². The van der Waals surface area contributed by atoms with Crippen molar-refractivity contribution < 1.29 is 0 Å². The van der Waals surface area contributed by atoms with E-state index in [1.165, 1.54) is 70.2 Å². The average Bonchev–Trinajstić information content (AvgIpc) is 2.86. The van der Waals surface area contributed by atoms with Crippen LogP contribution in [0.4, 0.5) is 0 Å². The Morgan fingerprint density at radius 3 is 1.05 bits per heavy atom. The van der Waals surface area contributed by atoms with Gasteiger partial charge >= 0.3 is 0 Å². The number of aryl methyl sites for hydroxylation is 2. The van der Waals surface area contributed by atoms with Gasteiger partial charge in [-0.15, -0.1) is 0 Å². The average molecular weight is 513 g/mol. The molecule has 2 heteroatoms. The maximum absolute atomic E-state index is 4.87. The lowest BCUT2D eigenvalue weighted by molar-refractivity contribution is 0.331. The van der Waals surface area contributed by atoms with Crippen molar-refractivity contribution >= 4 is 11.4 Å². The fraction of sp³-hybridized carbons (Fsp3) is 0.611. The molecule has 2 aliphatic carbocycles. The summed E-state index contributed by atoms with van der Waals surface area (Å²) in [5, 5.41) is 9.74. The predicted molar refractivity (Wildman–Crippen MR) is 167 cm³/mol. The van der Waals surface area contributed by atoms with Crippen molar-refractivity contribution in [2.24, 2.45) is 10.2 Å². The van der Waals surface area contributed by atoms with Gasteiger partial charge in [0.05, 0.1) is 11.4 Å². The molecule has 2 aromatic rings. The molecule has 0 spiro atoms. The Bertz CT molecular complexity index is 1200. The number of benzene rings is 2. The van der Waals surface area contributed by atoms with E-state index in [1.54, 1.807) is 0 Å². The first-order valence-electron chi connectivity index (χ1n) is 15.0. The predicted octanol–water partition coefficient (Wildman–Crippen LogP) is 9.74. The third-order valence-corrected chi connectivity index (χ3v) is 10.0. The molecule has 2 aliphatic rings. The summed E-state index contributed by atoms with van der Waals surface area (Å²) < 4.78 is 0. The van der Waals surface area contributed by atoms with Gasteiger partial charge in [-0.3, -0.25) is 0 Å². The van der Waals surface area contributed by atoms with E-state index in [2.05, 4.69) is 107 Å². The van der Waals surface area contributed by atoms with Crippen LogP contribution in [-0.2, 0) is 34.5 Å². The summed E-state index contributed by atoms with van der Waals surface area (Å²) in [4.78, 5) is 0. The van der Waals surface area contributed by atoms with Gasteiger partial charge in [0.2, 0.25) is 0 Å². The number of hydrogen-bond acceptors (Lipinski definition) is 2. The van der Waals surface area contributed by atoms with Gasteiger partial charge in [-0.2, -0.15) is 10.2 Å². The van der Waals surface area contributed by atoms with E-state index in [1.807, 2.05) is 0 Å². The first-order valence-corrected chi connectivity index (χ1v) is 15.0. The molecule has 0 atom stereocenters. The Morgan fingerprint density at radius 1 is 0.526 bits per heavy atom. The lowest BCUT2D eigenvalue weighted by Gasteiger charge is -2.42. The summed E-state index contributed by atoms with van der Waals surface area (Å²) in [5.41, 5.74) is 14.2. The molecular weight excluding hydrogens is 460 g/mol. The summed E-state index contributed by atoms with van der Waals surface area (Å²) in [5.74, 6) is 0. The van der Waals surface area contributed by atoms with Gasteiger partial charge in [-0.1, -0.05) is 81.4 Å². The molecule has 4 rings (SSSR count). The van der Waals surface area contributed by atoms with E-state index < -0.39 is 0 Å². The fourth-order valence-corrected chi connectivity index (χ4v) is 6.83. The molecule has 0 saturated carbocycles. The molecule has 0 unspecified atom stereocenters. The van der Waals surface area contributed by atoms with Crippen LogP contribution in [0.5, 0.6) is 0 Å². The van der Waals surface area contributed by atoms with Crippen LogP contribution in [0.1, 0.15) is 153 Å². The highest BCUT2D eigenvalue weighted by Crippen LogP contribution is 2.48. The Morgan fingerprint density at radius 2 is 0.789 bits per heavy atom. The van der Waals surface area contributed by atoms with Crippen LogP contribution >= 0.6 is 0 Å². The van der Waals surface area contributed by atoms with Crippen LogP contribution in [0.25, 0.3) is 0 Å². The lowest BCUT2D eigenvalue weighted by atomic mass is 9.62. The van der Waals surface area contributed by atoms with Crippen molar-refractivity contribution in [3.63, 3.8) is 0 Å². The van der Waals surface area contributed by atoms with Crippen LogP contribution in [-0.4, -0.2) is 11.4 Å². The van der Waals surface area contributed by atoms with Crippen LogP contribution in [0, 0.1) is 0 Å². The quantitative estimate of drug-likeness (QED) is 0.281. The topological polar surface area (TPSA) is 24.7 Å². The standard InChI is InChI=1S/C36H52N2/c1-13-25-19-29-31(35(9,10)17-15-33(29,5)6)21-27(25)23(3)37-38-24(4)28-22-32-30(20-26(28)14-2)34(7,8)16-18-36(32,11)12/h19-22H,13-18H2,1-12H3. The van der Waals surface area contributed by atoms with Gasteiger partial charge in [0, 0.05) is 11.1 Å². The maximum Gasteiger partial charge on any atom is 0.0674 e. The van der Waals surface area contributed by atoms with Crippen molar-refractivity contribution in [3.05, 3.63) is 68.8 Å². The monoisotopic (exact) mass is 512 g/mol. The van der Waals surface area contributed by atoms with Crippen LogP contribution in [0.15, 0.2) is 34.5 Å². The summed E-state index contributed by atoms with van der Waals surface area (Å²) in [6.07, 6.45) is 6.92.